The zero-order valence-corrected chi connectivity index (χ0v) is 11.6. The molecule has 0 amide bonds. The summed E-state index contributed by atoms with van der Waals surface area (Å²) in [5.74, 6) is 0.946. The predicted molar refractivity (Wildman–Crippen MR) is 73.1 cm³/mol. The van der Waals surface area contributed by atoms with Gasteiger partial charge < -0.3 is 14.8 Å². The molecule has 8 nitrogen and oxygen atoms in total. The third kappa shape index (κ3) is 3.89. The number of imidazole rings is 1. The summed E-state index contributed by atoms with van der Waals surface area (Å²) >= 11 is 0. The summed E-state index contributed by atoms with van der Waals surface area (Å²) in [6.07, 6.45) is 6.02. The third-order valence-electron chi connectivity index (χ3n) is 2.39. The van der Waals surface area contributed by atoms with E-state index in [1.165, 1.54) is 0 Å². The maximum Gasteiger partial charge on any atom is 0.323 e. The van der Waals surface area contributed by atoms with Crippen LogP contribution >= 0.6 is 0 Å². The maximum atomic E-state index is 5.44. The summed E-state index contributed by atoms with van der Waals surface area (Å²) in [5, 5.41) is 3.12. The van der Waals surface area contributed by atoms with Gasteiger partial charge in [0.2, 0.25) is 11.9 Å². The van der Waals surface area contributed by atoms with Crippen LogP contribution in [0.4, 0.5) is 5.95 Å². The van der Waals surface area contributed by atoms with Crippen LogP contribution in [0.25, 0.3) is 5.95 Å². The van der Waals surface area contributed by atoms with Crippen LogP contribution in [-0.4, -0.2) is 51.4 Å². The van der Waals surface area contributed by atoms with Crippen molar-refractivity contribution in [3.05, 3.63) is 18.7 Å². The van der Waals surface area contributed by atoms with Crippen molar-refractivity contribution >= 4 is 5.95 Å². The number of aromatic nitrogens is 5. The summed E-state index contributed by atoms with van der Waals surface area (Å²) in [4.78, 5) is 16.7. The highest BCUT2D eigenvalue weighted by Crippen LogP contribution is 2.11. The Morgan fingerprint density at radius 3 is 2.85 bits per heavy atom. The minimum Gasteiger partial charge on any atom is -0.461 e. The van der Waals surface area contributed by atoms with E-state index in [9.17, 15) is 0 Å². The molecule has 1 N–H and O–H groups in total. The van der Waals surface area contributed by atoms with Gasteiger partial charge in [-0.25, -0.2) is 4.98 Å². The van der Waals surface area contributed by atoms with E-state index in [0.29, 0.717) is 25.1 Å². The minimum atomic E-state index is 0.263. The van der Waals surface area contributed by atoms with E-state index < -0.39 is 0 Å². The summed E-state index contributed by atoms with van der Waals surface area (Å²) < 4.78 is 12.1. The van der Waals surface area contributed by atoms with E-state index in [1.807, 2.05) is 0 Å². The van der Waals surface area contributed by atoms with E-state index in [1.54, 1.807) is 30.4 Å². The summed E-state index contributed by atoms with van der Waals surface area (Å²) in [6.45, 7) is 3.72. The van der Waals surface area contributed by atoms with Gasteiger partial charge in [0, 0.05) is 26.0 Å². The molecule has 2 aromatic rings. The minimum absolute atomic E-state index is 0.263. The zero-order valence-electron chi connectivity index (χ0n) is 11.6. The predicted octanol–water partition coefficient (Wildman–Crippen LogP) is 0.904. The first kappa shape index (κ1) is 14.2. The van der Waals surface area contributed by atoms with Gasteiger partial charge in [0.25, 0.3) is 0 Å². The SMILES string of the molecule is CCCNc1nc(OCCOC)nc(-n2ccnc2)n1. The van der Waals surface area contributed by atoms with Crippen LogP contribution in [0.2, 0.25) is 0 Å². The largest absolute Gasteiger partial charge is 0.461 e. The van der Waals surface area contributed by atoms with Crippen LogP contribution in [0.1, 0.15) is 13.3 Å². The summed E-state index contributed by atoms with van der Waals surface area (Å²) in [5.41, 5.74) is 0. The Morgan fingerprint density at radius 2 is 2.15 bits per heavy atom. The molecule has 0 bridgehead atoms. The zero-order chi connectivity index (χ0) is 14.2. The molecule has 108 valence electrons. The van der Waals surface area contributed by atoms with Gasteiger partial charge >= 0.3 is 6.01 Å². The van der Waals surface area contributed by atoms with Gasteiger partial charge in [0.15, 0.2) is 0 Å². The van der Waals surface area contributed by atoms with Crippen LogP contribution in [-0.2, 0) is 4.74 Å². The molecule has 0 aromatic carbocycles. The molecule has 0 saturated carbocycles. The van der Waals surface area contributed by atoms with E-state index >= 15 is 0 Å². The number of ether oxygens (including phenoxy) is 2. The molecule has 0 unspecified atom stereocenters. The van der Waals surface area contributed by atoms with Gasteiger partial charge in [-0.2, -0.15) is 15.0 Å². The highest BCUT2D eigenvalue weighted by atomic mass is 16.5. The monoisotopic (exact) mass is 278 g/mol. The maximum absolute atomic E-state index is 5.44. The molecule has 2 aromatic heterocycles. The number of nitrogens with one attached hydrogen (secondary N) is 1. The molecule has 2 heterocycles. The first-order valence-electron chi connectivity index (χ1n) is 6.43. The summed E-state index contributed by atoms with van der Waals surface area (Å²) in [6, 6.07) is 0.263. The van der Waals surface area contributed by atoms with E-state index in [2.05, 4.69) is 32.2 Å². The fourth-order valence-corrected chi connectivity index (χ4v) is 1.44. The van der Waals surface area contributed by atoms with Gasteiger partial charge in [0.05, 0.1) is 6.61 Å². The lowest BCUT2D eigenvalue weighted by molar-refractivity contribution is 0.140. The highest BCUT2D eigenvalue weighted by Gasteiger charge is 2.08. The molecule has 0 spiro atoms. The van der Waals surface area contributed by atoms with Crippen molar-refractivity contribution in [1.82, 2.24) is 24.5 Å². The fraction of sp³-hybridized carbons (Fsp3) is 0.500. The molecule has 20 heavy (non-hydrogen) atoms. The Hall–Kier alpha value is -2.22. The Morgan fingerprint density at radius 1 is 1.25 bits per heavy atom. The molecule has 0 aliphatic heterocycles. The molecule has 0 aliphatic rings. The molecule has 0 radical (unpaired) electrons. The molecule has 8 heteroatoms. The first-order chi connectivity index (χ1) is 9.83. The topological polar surface area (TPSA) is 87.0 Å². The molecule has 0 atom stereocenters. The van der Waals surface area contributed by atoms with E-state index in [0.717, 1.165) is 13.0 Å². The number of hydrogen-bond donors (Lipinski definition) is 1. The van der Waals surface area contributed by atoms with E-state index in [4.69, 9.17) is 9.47 Å². The number of anilines is 1. The Balaban J connectivity index is 2.19. The quantitative estimate of drug-likeness (QED) is 0.718. The number of nitrogens with zero attached hydrogens (tertiary/aromatic N) is 5. The second-order valence-electron chi connectivity index (χ2n) is 3.98. The number of rotatable bonds is 8. The van der Waals surface area contributed by atoms with E-state index in [-0.39, 0.29) is 6.01 Å². The molecule has 0 aliphatic carbocycles. The first-order valence-corrected chi connectivity index (χ1v) is 6.43. The normalized spacial score (nSPS) is 10.5. The molecule has 0 fully saturated rings. The van der Waals surface area contributed by atoms with Crippen molar-refractivity contribution in [3.63, 3.8) is 0 Å². The summed E-state index contributed by atoms with van der Waals surface area (Å²) in [7, 11) is 1.61. The van der Waals surface area contributed by atoms with Crippen molar-refractivity contribution in [2.45, 2.75) is 13.3 Å². The molecular formula is C12H18N6O2. The lowest BCUT2D eigenvalue weighted by Crippen LogP contribution is -2.12. The van der Waals surface area contributed by atoms with Crippen LogP contribution in [0, 0.1) is 0 Å². The second kappa shape index (κ2) is 7.39. The van der Waals surface area contributed by atoms with Crippen LogP contribution in [0.15, 0.2) is 18.7 Å². The average Bonchev–Trinajstić information content (AvgIpc) is 2.99. The number of hydrogen-bond acceptors (Lipinski definition) is 7. The average molecular weight is 278 g/mol. The lowest BCUT2D eigenvalue weighted by Gasteiger charge is -2.09. The van der Waals surface area contributed by atoms with Crippen molar-refractivity contribution < 1.29 is 9.47 Å². The van der Waals surface area contributed by atoms with Crippen LogP contribution in [0.5, 0.6) is 6.01 Å². The Kier molecular flexibility index (Phi) is 5.24. The van der Waals surface area contributed by atoms with Crippen LogP contribution < -0.4 is 10.1 Å². The third-order valence-corrected chi connectivity index (χ3v) is 2.39. The van der Waals surface area contributed by atoms with Crippen molar-refractivity contribution in [2.24, 2.45) is 0 Å². The van der Waals surface area contributed by atoms with Gasteiger partial charge in [0.1, 0.15) is 12.9 Å². The van der Waals surface area contributed by atoms with Crippen LogP contribution in [0.3, 0.4) is 0 Å². The van der Waals surface area contributed by atoms with Crippen molar-refractivity contribution in [3.8, 4) is 12.0 Å². The standard InChI is InChI=1S/C12H18N6O2/c1-3-4-14-10-15-11(18-6-5-13-9-18)17-12(16-10)20-8-7-19-2/h5-6,9H,3-4,7-8H2,1-2H3,(H,14,15,16,17). The van der Waals surface area contributed by atoms with Gasteiger partial charge in [-0.05, 0) is 6.42 Å². The van der Waals surface area contributed by atoms with Gasteiger partial charge in [-0.15, -0.1) is 0 Å². The highest BCUT2D eigenvalue weighted by molar-refractivity contribution is 5.30. The molecule has 2 rings (SSSR count). The Bertz CT molecular complexity index is 517. The smallest absolute Gasteiger partial charge is 0.323 e. The second-order valence-corrected chi connectivity index (χ2v) is 3.98. The van der Waals surface area contributed by atoms with Gasteiger partial charge in [-0.1, -0.05) is 6.92 Å². The lowest BCUT2D eigenvalue weighted by atomic mass is 10.5. The molecular weight excluding hydrogens is 260 g/mol. The number of methoxy groups -OCH3 is 1. The molecule has 0 saturated heterocycles. The van der Waals surface area contributed by atoms with Crippen molar-refractivity contribution in [2.75, 3.05) is 32.2 Å². The Labute approximate surface area is 117 Å². The van der Waals surface area contributed by atoms with Crippen molar-refractivity contribution in [1.29, 1.82) is 0 Å². The fourth-order valence-electron chi connectivity index (χ4n) is 1.44. The van der Waals surface area contributed by atoms with Gasteiger partial charge in [-0.3, -0.25) is 4.57 Å².